The average molecular weight is 327 g/mol. The standard InChI is InChI=1S/C19H21NO2S/c1-12-6-8-14(9-7-12)18(23)17-13(2)11-16-15(19(21)22)5-3-4-10-20(16)17/h6-9,11,17H,3-5,10H2,1-2H3,(H,21,22). The van der Waals surface area contributed by atoms with Crippen LogP contribution < -0.4 is 0 Å². The van der Waals surface area contributed by atoms with E-state index in [1.54, 1.807) is 0 Å². The summed E-state index contributed by atoms with van der Waals surface area (Å²) in [4.78, 5) is 14.7. The minimum atomic E-state index is -0.808. The Labute approximate surface area is 142 Å². The highest BCUT2D eigenvalue weighted by atomic mass is 32.1. The fourth-order valence-corrected chi connectivity index (χ4v) is 3.87. The van der Waals surface area contributed by atoms with Gasteiger partial charge in [0.05, 0.1) is 11.6 Å². The Morgan fingerprint density at radius 2 is 1.91 bits per heavy atom. The first-order valence-corrected chi connectivity index (χ1v) is 8.42. The fourth-order valence-electron chi connectivity index (χ4n) is 3.42. The molecule has 2 aliphatic rings. The highest BCUT2D eigenvalue weighted by Gasteiger charge is 2.35. The van der Waals surface area contributed by atoms with Crippen LogP contribution in [0.5, 0.6) is 0 Å². The first kappa shape index (κ1) is 15.9. The maximum absolute atomic E-state index is 11.6. The molecule has 0 aliphatic carbocycles. The molecule has 0 saturated heterocycles. The normalized spacial score (nSPS) is 20.9. The number of fused-ring (bicyclic) bond motifs is 1. The highest BCUT2D eigenvalue weighted by Crippen LogP contribution is 2.35. The second-order valence-corrected chi connectivity index (χ2v) is 6.78. The van der Waals surface area contributed by atoms with Gasteiger partial charge >= 0.3 is 5.97 Å². The smallest absolute Gasteiger partial charge is 0.333 e. The third kappa shape index (κ3) is 2.95. The first-order valence-electron chi connectivity index (χ1n) is 8.01. The number of benzene rings is 1. The summed E-state index contributed by atoms with van der Waals surface area (Å²) in [6.45, 7) is 4.96. The molecule has 0 aromatic heterocycles. The Hall–Kier alpha value is -1.94. The number of hydrogen-bond acceptors (Lipinski definition) is 3. The van der Waals surface area contributed by atoms with Crippen LogP contribution in [0.1, 0.15) is 37.3 Å². The number of thiocarbonyl (C=S) groups is 1. The molecule has 0 radical (unpaired) electrons. The lowest BCUT2D eigenvalue weighted by molar-refractivity contribution is -0.132. The summed E-state index contributed by atoms with van der Waals surface area (Å²) in [6, 6.07) is 8.25. The van der Waals surface area contributed by atoms with E-state index in [4.69, 9.17) is 12.2 Å². The van der Waals surface area contributed by atoms with Gasteiger partial charge < -0.3 is 10.0 Å². The van der Waals surface area contributed by atoms with Crippen molar-refractivity contribution in [3.05, 3.63) is 58.3 Å². The number of allylic oxidation sites excluding steroid dienone is 1. The molecule has 4 heteroatoms. The van der Waals surface area contributed by atoms with Gasteiger partial charge in [-0.3, -0.25) is 0 Å². The van der Waals surface area contributed by atoms with Crippen molar-refractivity contribution in [2.45, 2.75) is 39.2 Å². The highest BCUT2D eigenvalue weighted by molar-refractivity contribution is 7.81. The van der Waals surface area contributed by atoms with Crippen molar-refractivity contribution in [3.8, 4) is 0 Å². The van der Waals surface area contributed by atoms with Crippen LogP contribution in [0, 0.1) is 6.92 Å². The molecule has 120 valence electrons. The Morgan fingerprint density at radius 3 is 2.57 bits per heavy atom. The monoisotopic (exact) mass is 327 g/mol. The van der Waals surface area contributed by atoms with Gasteiger partial charge in [0, 0.05) is 17.1 Å². The molecule has 1 unspecified atom stereocenters. The second kappa shape index (κ2) is 6.28. The van der Waals surface area contributed by atoms with E-state index >= 15 is 0 Å². The van der Waals surface area contributed by atoms with E-state index in [0.29, 0.717) is 12.0 Å². The molecule has 0 spiro atoms. The summed E-state index contributed by atoms with van der Waals surface area (Å²) in [5.74, 6) is -0.808. The Bertz CT molecular complexity index is 715. The molecule has 2 heterocycles. The summed E-state index contributed by atoms with van der Waals surface area (Å²) < 4.78 is 0. The third-order valence-corrected chi connectivity index (χ3v) is 5.10. The number of rotatable bonds is 3. The third-order valence-electron chi connectivity index (χ3n) is 4.64. The predicted octanol–water partition coefficient (Wildman–Crippen LogP) is 3.87. The van der Waals surface area contributed by atoms with E-state index in [9.17, 15) is 9.90 Å². The van der Waals surface area contributed by atoms with Gasteiger partial charge in [0.25, 0.3) is 0 Å². The van der Waals surface area contributed by atoms with E-state index in [2.05, 4.69) is 36.1 Å². The zero-order valence-corrected chi connectivity index (χ0v) is 14.3. The Kier molecular flexibility index (Phi) is 4.35. The molecule has 0 saturated carbocycles. The van der Waals surface area contributed by atoms with Crippen molar-refractivity contribution in [2.24, 2.45) is 0 Å². The van der Waals surface area contributed by atoms with Crippen LogP contribution in [-0.2, 0) is 4.79 Å². The van der Waals surface area contributed by atoms with Gasteiger partial charge in [-0.15, -0.1) is 0 Å². The topological polar surface area (TPSA) is 40.5 Å². The molecule has 1 aromatic carbocycles. The molecule has 2 aliphatic heterocycles. The lowest BCUT2D eigenvalue weighted by Gasteiger charge is -2.30. The van der Waals surface area contributed by atoms with Gasteiger partial charge in [0.2, 0.25) is 0 Å². The number of aliphatic carboxylic acids is 1. The van der Waals surface area contributed by atoms with E-state index < -0.39 is 5.97 Å². The van der Waals surface area contributed by atoms with Crippen LogP contribution in [0.2, 0.25) is 0 Å². The lowest BCUT2D eigenvalue weighted by atomic mass is 9.99. The zero-order chi connectivity index (χ0) is 16.6. The molecule has 1 atom stereocenters. The Balaban J connectivity index is 1.99. The summed E-state index contributed by atoms with van der Waals surface area (Å²) >= 11 is 5.77. The Morgan fingerprint density at radius 1 is 1.22 bits per heavy atom. The predicted molar refractivity (Wildman–Crippen MR) is 95.6 cm³/mol. The van der Waals surface area contributed by atoms with Crippen molar-refractivity contribution in [2.75, 3.05) is 6.54 Å². The van der Waals surface area contributed by atoms with Crippen molar-refractivity contribution in [3.63, 3.8) is 0 Å². The lowest BCUT2D eigenvalue weighted by Crippen LogP contribution is -2.37. The van der Waals surface area contributed by atoms with Crippen LogP contribution >= 0.6 is 12.2 Å². The zero-order valence-electron chi connectivity index (χ0n) is 13.5. The van der Waals surface area contributed by atoms with Crippen molar-refractivity contribution in [1.82, 2.24) is 4.90 Å². The molecular formula is C19H21NO2S. The number of nitrogens with zero attached hydrogens (tertiary/aromatic N) is 1. The van der Waals surface area contributed by atoms with Crippen molar-refractivity contribution < 1.29 is 9.90 Å². The maximum Gasteiger partial charge on any atom is 0.333 e. The van der Waals surface area contributed by atoms with Crippen LogP contribution in [-0.4, -0.2) is 33.4 Å². The average Bonchev–Trinajstić information content (AvgIpc) is 2.69. The van der Waals surface area contributed by atoms with Crippen LogP contribution in [0.15, 0.2) is 47.2 Å². The van der Waals surface area contributed by atoms with Gasteiger partial charge in [-0.2, -0.15) is 0 Å². The number of carbonyl (C=O) groups is 1. The second-order valence-electron chi connectivity index (χ2n) is 6.34. The van der Waals surface area contributed by atoms with Gasteiger partial charge in [-0.25, -0.2) is 4.79 Å². The van der Waals surface area contributed by atoms with Gasteiger partial charge in [0.15, 0.2) is 0 Å². The molecule has 0 bridgehead atoms. The van der Waals surface area contributed by atoms with Crippen LogP contribution in [0.4, 0.5) is 0 Å². The summed E-state index contributed by atoms with van der Waals surface area (Å²) in [5, 5.41) is 9.52. The van der Waals surface area contributed by atoms with Crippen LogP contribution in [0.3, 0.4) is 0 Å². The molecule has 0 amide bonds. The van der Waals surface area contributed by atoms with E-state index in [-0.39, 0.29) is 6.04 Å². The van der Waals surface area contributed by atoms with Gasteiger partial charge in [-0.05, 0) is 50.3 Å². The maximum atomic E-state index is 11.6. The molecule has 3 rings (SSSR count). The quantitative estimate of drug-likeness (QED) is 0.676. The van der Waals surface area contributed by atoms with Crippen LogP contribution in [0.25, 0.3) is 0 Å². The van der Waals surface area contributed by atoms with Gasteiger partial charge in [-0.1, -0.05) is 42.0 Å². The van der Waals surface area contributed by atoms with Crippen molar-refractivity contribution in [1.29, 1.82) is 0 Å². The van der Waals surface area contributed by atoms with Gasteiger partial charge in [0.1, 0.15) is 0 Å². The van der Waals surface area contributed by atoms with Crippen molar-refractivity contribution >= 4 is 23.1 Å². The van der Waals surface area contributed by atoms with E-state index in [1.807, 2.05) is 13.0 Å². The largest absolute Gasteiger partial charge is 0.478 e. The number of hydrogen-bond donors (Lipinski definition) is 1. The molecule has 3 nitrogen and oxygen atoms in total. The summed E-state index contributed by atoms with van der Waals surface area (Å²) in [5.41, 5.74) is 4.76. The number of aryl methyl sites for hydroxylation is 1. The molecule has 0 fully saturated rings. The molecule has 23 heavy (non-hydrogen) atoms. The molecular weight excluding hydrogens is 306 g/mol. The molecule has 1 aromatic rings. The minimum absolute atomic E-state index is 0.00449. The van der Waals surface area contributed by atoms with E-state index in [0.717, 1.165) is 41.1 Å². The number of carboxylic acid groups (broad SMARTS) is 1. The molecule has 1 N–H and O–H groups in total. The minimum Gasteiger partial charge on any atom is -0.478 e. The first-order chi connectivity index (χ1) is 11.0. The summed E-state index contributed by atoms with van der Waals surface area (Å²) in [6.07, 6.45) is 4.56. The fraction of sp³-hybridized carbons (Fsp3) is 0.368. The van der Waals surface area contributed by atoms with E-state index in [1.165, 1.54) is 5.56 Å². The number of carboxylic acids is 1. The SMILES string of the molecule is CC1=CC2=C(C(=O)O)CCCCN2C1C(=S)c1ccc(C)cc1. The summed E-state index contributed by atoms with van der Waals surface area (Å²) in [7, 11) is 0.